The molecule has 36 heavy (non-hydrogen) atoms. The maximum atomic E-state index is 13.8. The summed E-state index contributed by atoms with van der Waals surface area (Å²) in [5, 5.41) is 11.9. The minimum atomic E-state index is -0.999. The van der Waals surface area contributed by atoms with Gasteiger partial charge in [0.05, 0.1) is 27.5 Å². The molecule has 1 fully saturated rings. The third kappa shape index (κ3) is 3.31. The number of carbonyl (C=O) groups excluding carboxylic acids is 2. The Morgan fingerprint density at radius 3 is 2.58 bits per heavy atom. The van der Waals surface area contributed by atoms with Crippen LogP contribution < -0.4 is 4.90 Å². The van der Waals surface area contributed by atoms with Gasteiger partial charge in [-0.15, -0.1) is 0 Å². The lowest BCUT2D eigenvalue weighted by Crippen LogP contribution is -2.29. The van der Waals surface area contributed by atoms with E-state index in [0.717, 1.165) is 10.3 Å². The van der Waals surface area contributed by atoms with Gasteiger partial charge in [0.15, 0.2) is 10.9 Å². The number of hydrogen-bond acceptors (Lipinski definition) is 6. The van der Waals surface area contributed by atoms with Crippen molar-refractivity contribution in [3.05, 3.63) is 101 Å². The van der Waals surface area contributed by atoms with Gasteiger partial charge in [-0.05, 0) is 61.4 Å². The highest BCUT2D eigenvalue weighted by molar-refractivity contribution is 7.22. The van der Waals surface area contributed by atoms with Crippen LogP contribution in [0.5, 0.6) is 0 Å². The molecule has 1 aliphatic rings. The van der Waals surface area contributed by atoms with Gasteiger partial charge in [0.2, 0.25) is 0 Å². The number of imidazole rings is 1. The number of aliphatic hydroxyl groups is 1. The van der Waals surface area contributed by atoms with Gasteiger partial charge in [0.25, 0.3) is 5.78 Å². The average Bonchev–Trinajstić information content (AvgIpc) is 3.50. The number of fused-ring (bicyclic) bond motifs is 2. The number of benzene rings is 2. The maximum Gasteiger partial charge on any atom is 0.301 e. The molecule has 1 N–H and O–H groups in total. The third-order valence-electron chi connectivity index (χ3n) is 6.30. The molecule has 0 spiro atoms. The van der Waals surface area contributed by atoms with Crippen molar-refractivity contribution in [2.24, 2.45) is 0 Å². The number of amides is 1. The first kappa shape index (κ1) is 22.1. The highest BCUT2D eigenvalue weighted by Gasteiger charge is 2.48. The molecular formula is C27H19FN4O3S. The van der Waals surface area contributed by atoms with Gasteiger partial charge >= 0.3 is 5.91 Å². The molecule has 1 amide bonds. The molecule has 9 heteroatoms. The number of aromatic nitrogens is 3. The van der Waals surface area contributed by atoms with E-state index in [9.17, 15) is 19.1 Å². The van der Waals surface area contributed by atoms with Crippen LogP contribution >= 0.6 is 11.3 Å². The lowest BCUT2D eigenvalue weighted by atomic mass is 9.96. The molecule has 4 heterocycles. The number of nitrogens with zero attached hydrogens (tertiary/aromatic N) is 4. The average molecular weight is 499 g/mol. The fourth-order valence-electron chi connectivity index (χ4n) is 4.64. The Labute approximate surface area is 208 Å². The molecule has 1 aliphatic heterocycles. The Kier molecular flexibility index (Phi) is 4.97. The second-order valence-electron chi connectivity index (χ2n) is 8.66. The van der Waals surface area contributed by atoms with Crippen LogP contribution in [-0.2, 0) is 9.59 Å². The van der Waals surface area contributed by atoms with Crippen molar-refractivity contribution in [2.75, 3.05) is 4.90 Å². The van der Waals surface area contributed by atoms with E-state index in [0.29, 0.717) is 33.2 Å². The second-order valence-corrected chi connectivity index (χ2v) is 9.67. The predicted molar refractivity (Wildman–Crippen MR) is 135 cm³/mol. The number of Topliss-reactive ketones (excluding diaryl/α,β-unsaturated/α-hetero) is 1. The standard InChI is InChI=1S/C27H19FN4O3S/c1-14-6-11-18-19(13-14)36-27(30-18)32-23(16-7-9-17(28)10-8-16)21(25(34)26(32)35)24(33)22-15(2)29-20-5-3-4-12-31(20)22/h3-13,23,33H,1-2H3/b24-21+. The van der Waals surface area contributed by atoms with Crippen molar-refractivity contribution in [1.29, 1.82) is 0 Å². The number of aliphatic hydroxyl groups excluding tert-OH is 1. The summed E-state index contributed by atoms with van der Waals surface area (Å²) in [4.78, 5) is 37.3. The Bertz CT molecular complexity index is 1740. The number of carbonyl (C=O) groups is 2. The Morgan fingerprint density at radius 1 is 1.03 bits per heavy atom. The van der Waals surface area contributed by atoms with E-state index in [4.69, 9.17) is 0 Å². The van der Waals surface area contributed by atoms with Gasteiger partial charge < -0.3 is 5.11 Å². The number of rotatable bonds is 3. The summed E-state index contributed by atoms with van der Waals surface area (Å²) in [6.45, 7) is 3.68. The van der Waals surface area contributed by atoms with Crippen LogP contribution in [0.3, 0.4) is 0 Å². The van der Waals surface area contributed by atoms with E-state index in [1.54, 1.807) is 29.7 Å². The molecule has 2 aromatic carbocycles. The first-order valence-corrected chi connectivity index (χ1v) is 12.0. The van der Waals surface area contributed by atoms with Crippen molar-refractivity contribution in [2.45, 2.75) is 19.9 Å². The first-order valence-electron chi connectivity index (χ1n) is 11.2. The topological polar surface area (TPSA) is 87.8 Å². The van der Waals surface area contributed by atoms with Gasteiger partial charge in [-0.1, -0.05) is 35.6 Å². The van der Waals surface area contributed by atoms with Crippen LogP contribution in [0.15, 0.2) is 72.4 Å². The molecule has 178 valence electrons. The lowest BCUT2D eigenvalue weighted by Gasteiger charge is -2.23. The lowest BCUT2D eigenvalue weighted by molar-refractivity contribution is -0.132. The summed E-state index contributed by atoms with van der Waals surface area (Å²) >= 11 is 1.28. The van der Waals surface area contributed by atoms with Crippen molar-refractivity contribution < 1.29 is 19.1 Å². The number of thiazole rings is 1. The summed E-state index contributed by atoms with van der Waals surface area (Å²) in [7, 11) is 0. The summed E-state index contributed by atoms with van der Waals surface area (Å²) < 4.78 is 16.3. The summed E-state index contributed by atoms with van der Waals surface area (Å²) in [6, 6.07) is 15.7. The Morgan fingerprint density at radius 2 is 1.81 bits per heavy atom. The molecule has 1 saturated heterocycles. The van der Waals surface area contributed by atoms with Gasteiger partial charge in [-0.3, -0.25) is 18.9 Å². The zero-order valence-electron chi connectivity index (χ0n) is 19.3. The van der Waals surface area contributed by atoms with Crippen molar-refractivity contribution in [3.8, 4) is 0 Å². The van der Waals surface area contributed by atoms with Crippen molar-refractivity contribution in [3.63, 3.8) is 0 Å². The van der Waals surface area contributed by atoms with Gasteiger partial charge in [0, 0.05) is 6.20 Å². The SMILES string of the molecule is Cc1ccc2nc(N3C(=O)C(=O)/C(=C(/O)c4c(C)nc5ccccn45)C3c3ccc(F)cc3)sc2c1. The normalized spacial score (nSPS) is 17.5. The molecular weight excluding hydrogens is 479 g/mol. The summed E-state index contributed by atoms with van der Waals surface area (Å²) in [5.74, 6) is -2.46. The zero-order chi connectivity index (χ0) is 25.1. The van der Waals surface area contributed by atoms with Crippen molar-refractivity contribution >= 4 is 49.8 Å². The number of pyridine rings is 1. The molecule has 5 aromatic rings. The van der Waals surface area contributed by atoms with Gasteiger partial charge in [-0.25, -0.2) is 14.4 Å². The second kappa shape index (κ2) is 8.10. The van der Waals surface area contributed by atoms with E-state index in [1.807, 2.05) is 31.2 Å². The van der Waals surface area contributed by atoms with E-state index < -0.39 is 23.5 Å². The highest BCUT2D eigenvalue weighted by atomic mass is 32.1. The van der Waals surface area contributed by atoms with Crippen LogP contribution in [0, 0.1) is 19.7 Å². The third-order valence-corrected chi connectivity index (χ3v) is 7.31. The zero-order valence-corrected chi connectivity index (χ0v) is 20.1. The smallest absolute Gasteiger partial charge is 0.301 e. The maximum absolute atomic E-state index is 13.8. The van der Waals surface area contributed by atoms with Crippen LogP contribution in [0.1, 0.15) is 28.6 Å². The molecule has 0 bridgehead atoms. The number of halogens is 1. The Hall–Kier alpha value is -4.37. The van der Waals surface area contributed by atoms with Crippen LogP contribution in [0.2, 0.25) is 0 Å². The summed E-state index contributed by atoms with van der Waals surface area (Å²) in [5.41, 5.74) is 3.50. The molecule has 1 unspecified atom stereocenters. The van der Waals surface area contributed by atoms with Crippen LogP contribution in [0.25, 0.3) is 21.6 Å². The highest BCUT2D eigenvalue weighted by Crippen LogP contribution is 2.44. The quantitative estimate of drug-likeness (QED) is 0.207. The monoisotopic (exact) mass is 498 g/mol. The molecule has 3 aromatic heterocycles. The van der Waals surface area contributed by atoms with Crippen molar-refractivity contribution in [1.82, 2.24) is 14.4 Å². The van der Waals surface area contributed by atoms with E-state index in [1.165, 1.54) is 40.5 Å². The Balaban J connectivity index is 1.61. The van der Waals surface area contributed by atoms with Gasteiger partial charge in [0.1, 0.15) is 17.2 Å². The van der Waals surface area contributed by atoms with E-state index in [-0.39, 0.29) is 11.3 Å². The largest absolute Gasteiger partial charge is 0.505 e. The van der Waals surface area contributed by atoms with Gasteiger partial charge in [-0.2, -0.15) is 0 Å². The molecule has 0 radical (unpaired) electrons. The molecule has 6 rings (SSSR count). The fraction of sp³-hybridized carbons (Fsp3) is 0.111. The fourth-order valence-corrected chi connectivity index (χ4v) is 5.73. The minimum Gasteiger partial charge on any atom is -0.505 e. The van der Waals surface area contributed by atoms with E-state index >= 15 is 0 Å². The molecule has 7 nitrogen and oxygen atoms in total. The van der Waals surface area contributed by atoms with E-state index in [2.05, 4.69) is 9.97 Å². The number of ketones is 1. The molecule has 0 aliphatic carbocycles. The number of aryl methyl sites for hydroxylation is 2. The van der Waals surface area contributed by atoms with Crippen LogP contribution in [0.4, 0.5) is 9.52 Å². The predicted octanol–water partition coefficient (Wildman–Crippen LogP) is 5.33. The number of anilines is 1. The molecule has 0 saturated carbocycles. The van der Waals surface area contributed by atoms with Crippen LogP contribution in [-0.4, -0.2) is 31.2 Å². The molecule has 1 atom stereocenters. The first-order chi connectivity index (χ1) is 17.3. The summed E-state index contributed by atoms with van der Waals surface area (Å²) in [6.07, 6.45) is 1.73. The number of hydrogen-bond donors (Lipinski definition) is 1. The minimum absolute atomic E-state index is 0.101.